The average Bonchev–Trinajstić information content (AvgIpc) is 2.53. The second kappa shape index (κ2) is 6.69. The number of amides is 1. The molecule has 1 aromatic carbocycles. The first kappa shape index (κ1) is 15.3. The second-order valence-electron chi connectivity index (χ2n) is 5.98. The van der Waals surface area contributed by atoms with Gasteiger partial charge < -0.3 is 15.0 Å². The number of benzene rings is 1. The minimum absolute atomic E-state index is 0.111. The van der Waals surface area contributed by atoms with E-state index in [1.54, 1.807) is 6.07 Å². The summed E-state index contributed by atoms with van der Waals surface area (Å²) in [5.41, 5.74) is 1.56. The predicted molar refractivity (Wildman–Crippen MR) is 87.2 cm³/mol. The molecule has 23 heavy (non-hydrogen) atoms. The van der Waals surface area contributed by atoms with Crippen LogP contribution in [0.15, 0.2) is 53.3 Å². The first-order valence-corrected chi connectivity index (χ1v) is 7.82. The highest BCUT2D eigenvalue weighted by atomic mass is 16.5. The number of aromatic amines is 1. The van der Waals surface area contributed by atoms with Crippen LogP contribution in [-0.4, -0.2) is 17.6 Å². The summed E-state index contributed by atoms with van der Waals surface area (Å²) >= 11 is 0. The van der Waals surface area contributed by atoms with Crippen LogP contribution in [-0.2, 0) is 16.8 Å². The molecule has 120 valence electrons. The number of H-pyrrole nitrogens is 1. The molecule has 1 heterocycles. The van der Waals surface area contributed by atoms with Crippen molar-refractivity contribution >= 4 is 6.09 Å². The Hall–Kier alpha value is -2.56. The number of hydrogen-bond donors (Lipinski definition) is 2. The maximum Gasteiger partial charge on any atom is 0.407 e. The summed E-state index contributed by atoms with van der Waals surface area (Å²) < 4.78 is 5.23. The van der Waals surface area contributed by atoms with E-state index in [-0.39, 0.29) is 17.6 Å². The molecule has 1 fully saturated rings. The van der Waals surface area contributed by atoms with E-state index in [0.717, 1.165) is 30.5 Å². The summed E-state index contributed by atoms with van der Waals surface area (Å²) in [6.45, 7) is 0.725. The number of pyridine rings is 1. The zero-order valence-electron chi connectivity index (χ0n) is 12.9. The summed E-state index contributed by atoms with van der Waals surface area (Å²) in [5, 5.41) is 2.83. The van der Waals surface area contributed by atoms with Crippen molar-refractivity contribution in [3.8, 4) is 0 Å². The Morgan fingerprint density at radius 3 is 2.57 bits per heavy atom. The molecule has 5 nitrogen and oxygen atoms in total. The molecule has 1 aliphatic carbocycles. The smallest absolute Gasteiger partial charge is 0.407 e. The highest BCUT2D eigenvalue weighted by Gasteiger charge is 2.39. The van der Waals surface area contributed by atoms with Crippen molar-refractivity contribution in [1.82, 2.24) is 10.3 Å². The fourth-order valence-electron chi connectivity index (χ4n) is 2.92. The van der Waals surface area contributed by atoms with E-state index in [1.807, 2.05) is 36.4 Å². The van der Waals surface area contributed by atoms with Gasteiger partial charge >= 0.3 is 6.09 Å². The molecule has 5 heteroatoms. The third-order valence-corrected chi connectivity index (χ3v) is 4.43. The van der Waals surface area contributed by atoms with Crippen LogP contribution in [0.2, 0.25) is 0 Å². The van der Waals surface area contributed by atoms with E-state index in [1.165, 1.54) is 6.07 Å². The van der Waals surface area contributed by atoms with Crippen LogP contribution in [0.4, 0.5) is 4.79 Å². The third-order valence-electron chi connectivity index (χ3n) is 4.43. The van der Waals surface area contributed by atoms with Crippen molar-refractivity contribution in [3.05, 3.63) is 70.1 Å². The Balaban J connectivity index is 1.56. The highest BCUT2D eigenvalue weighted by molar-refractivity contribution is 5.67. The van der Waals surface area contributed by atoms with E-state index < -0.39 is 6.09 Å². The zero-order valence-corrected chi connectivity index (χ0v) is 12.9. The minimum Gasteiger partial charge on any atom is -0.445 e. The normalized spacial score (nSPS) is 15.5. The Labute approximate surface area is 134 Å². The van der Waals surface area contributed by atoms with E-state index in [4.69, 9.17) is 4.74 Å². The van der Waals surface area contributed by atoms with Crippen LogP contribution in [0.5, 0.6) is 0 Å². The predicted octanol–water partition coefficient (Wildman–Crippen LogP) is 2.72. The SMILES string of the molecule is O=C(NCC1(c2cccc(=O)[nH]2)CCC1)OCc1ccccc1. The fraction of sp³-hybridized carbons (Fsp3) is 0.333. The Morgan fingerprint density at radius 1 is 1.13 bits per heavy atom. The molecule has 0 radical (unpaired) electrons. The number of hydrogen-bond acceptors (Lipinski definition) is 3. The van der Waals surface area contributed by atoms with Gasteiger partial charge in [-0.2, -0.15) is 0 Å². The quantitative estimate of drug-likeness (QED) is 0.891. The summed E-state index contributed by atoms with van der Waals surface area (Å²) in [6, 6.07) is 14.7. The van der Waals surface area contributed by atoms with Gasteiger partial charge in [-0.15, -0.1) is 0 Å². The van der Waals surface area contributed by atoms with Crippen LogP contribution in [0.1, 0.15) is 30.5 Å². The standard InChI is InChI=1S/C18H20N2O3/c21-16-9-4-8-15(20-16)18(10-5-11-18)13-19-17(22)23-12-14-6-2-1-3-7-14/h1-4,6-9H,5,10-13H2,(H,19,22)(H,20,21). The van der Waals surface area contributed by atoms with Gasteiger partial charge in [-0.3, -0.25) is 4.79 Å². The van der Waals surface area contributed by atoms with Gasteiger partial charge in [0.15, 0.2) is 0 Å². The van der Waals surface area contributed by atoms with E-state index in [9.17, 15) is 9.59 Å². The lowest BCUT2D eigenvalue weighted by Crippen LogP contribution is -2.46. The largest absolute Gasteiger partial charge is 0.445 e. The molecule has 0 spiro atoms. The van der Waals surface area contributed by atoms with Crippen LogP contribution in [0.3, 0.4) is 0 Å². The number of carbonyl (C=O) groups is 1. The van der Waals surface area contributed by atoms with Gasteiger partial charge in [0.1, 0.15) is 6.61 Å². The van der Waals surface area contributed by atoms with Crippen molar-refractivity contribution < 1.29 is 9.53 Å². The molecule has 1 aromatic heterocycles. The van der Waals surface area contributed by atoms with Gasteiger partial charge in [0, 0.05) is 23.7 Å². The molecule has 1 aliphatic rings. The van der Waals surface area contributed by atoms with Crippen LogP contribution < -0.4 is 10.9 Å². The first-order chi connectivity index (χ1) is 11.2. The lowest BCUT2D eigenvalue weighted by atomic mass is 9.66. The summed E-state index contributed by atoms with van der Waals surface area (Å²) in [4.78, 5) is 26.3. The van der Waals surface area contributed by atoms with Gasteiger partial charge in [-0.25, -0.2) is 4.79 Å². The highest BCUT2D eigenvalue weighted by Crippen LogP contribution is 2.41. The van der Waals surface area contributed by atoms with Gasteiger partial charge in [-0.05, 0) is 24.5 Å². The molecule has 0 aliphatic heterocycles. The second-order valence-corrected chi connectivity index (χ2v) is 5.98. The number of alkyl carbamates (subject to hydrolysis) is 1. The maximum absolute atomic E-state index is 11.9. The average molecular weight is 312 g/mol. The van der Waals surface area contributed by atoms with Crippen molar-refractivity contribution in [3.63, 3.8) is 0 Å². The molecule has 0 atom stereocenters. The first-order valence-electron chi connectivity index (χ1n) is 7.82. The number of rotatable bonds is 5. The summed E-state index contributed by atoms with van der Waals surface area (Å²) in [5.74, 6) is 0. The molecule has 2 aromatic rings. The number of ether oxygens (including phenoxy) is 1. The Morgan fingerprint density at radius 2 is 1.91 bits per heavy atom. The molecular formula is C18H20N2O3. The zero-order chi connectivity index (χ0) is 16.1. The Kier molecular flexibility index (Phi) is 4.46. The van der Waals surface area contributed by atoms with Crippen molar-refractivity contribution in [2.24, 2.45) is 0 Å². The topological polar surface area (TPSA) is 71.2 Å². The molecular weight excluding hydrogens is 292 g/mol. The monoisotopic (exact) mass is 312 g/mol. The molecule has 1 amide bonds. The molecule has 2 N–H and O–H groups in total. The lowest BCUT2D eigenvalue weighted by molar-refractivity contribution is 0.131. The minimum atomic E-state index is -0.432. The van der Waals surface area contributed by atoms with Crippen LogP contribution >= 0.6 is 0 Å². The number of aromatic nitrogens is 1. The van der Waals surface area contributed by atoms with Crippen LogP contribution in [0.25, 0.3) is 0 Å². The summed E-state index contributed by atoms with van der Waals surface area (Å²) in [7, 11) is 0. The molecule has 3 rings (SSSR count). The van der Waals surface area contributed by atoms with Crippen molar-refractivity contribution in [1.29, 1.82) is 0 Å². The van der Waals surface area contributed by atoms with E-state index in [2.05, 4.69) is 10.3 Å². The molecule has 1 saturated carbocycles. The van der Waals surface area contributed by atoms with Gasteiger partial charge in [0.25, 0.3) is 0 Å². The van der Waals surface area contributed by atoms with Gasteiger partial charge in [0.2, 0.25) is 5.56 Å². The number of carbonyl (C=O) groups excluding carboxylic acids is 1. The lowest BCUT2D eigenvalue weighted by Gasteiger charge is -2.41. The Bertz CT molecular complexity index is 720. The molecule has 0 saturated heterocycles. The molecule has 0 unspecified atom stereocenters. The molecule has 0 bridgehead atoms. The van der Waals surface area contributed by atoms with E-state index >= 15 is 0 Å². The van der Waals surface area contributed by atoms with Crippen LogP contribution in [0, 0.1) is 0 Å². The number of nitrogens with one attached hydrogen (secondary N) is 2. The van der Waals surface area contributed by atoms with Gasteiger partial charge in [0.05, 0.1) is 0 Å². The van der Waals surface area contributed by atoms with Crippen molar-refractivity contribution in [2.75, 3.05) is 6.54 Å². The van der Waals surface area contributed by atoms with Gasteiger partial charge in [-0.1, -0.05) is 42.8 Å². The summed E-state index contributed by atoms with van der Waals surface area (Å²) in [6.07, 6.45) is 2.56. The fourth-order valence-corrected chi connectivity index (χ4v) is 2.92. The van der Waals surface area contributed by atoms with E-state index in [0.29, 0.717) is 6.54 Å². The van der Waals surface area contributed by atoms with Crippen molar-refractivity contribution in [2.45, 2.75) is 31.3 Å². The third kappa shape index (κ3) is 3.62. The maximum atomic E-state index is 11.9.